The van der Waals surface area contributed by atoms with Crippen LogP contribution < -0.4 is 5.56 Å². The lowest BCUT2D eigenvalue weighted by molar-refractivity contribution is 0.917. The monoisotopic (exact) mass is 223 g/mol. The van der Waals surface area contributed by atoms with Crippen LogP contribution in [0.25, 0.3) is 21.7 Å². The zero-order valence-electron chi connectivity index (χ0n) is 9.90. The summed E-state index contributed by atoms with van der Waals surface area (Å²) in [6.45, 7) is 2.04. The summed E-state index contributed by atoms with van der Waals surface area (Å²) >= 11 is 0. The summed E-state index contributed by atoms with van der Waals surface area (Å²) in [4.78, 5) is 12.2. The van der Waals surface area contributed by atoms with Crippen molar-refractivity contribution in [2.75, 3.05) is 0 Å². The van der Waals surface area contributed by atoms with Crippen LogP contribution in [0.2, 0.25) is 0 Å². The van der Waals surface area contributed by atoms with Gasteiger partial charge in [0.1, 0.15) is 0 Å². The van der Waals surface area contributed by atoms with Gasteiger partial charge in [0, 0.05) is 17.8 Å². The summed E-state index contributed by atoms with van der Waals surface area (Å²) in [7, 11) is 1.83. The minimum absolute atomic E-state index is 0.0682. The molecule has 3 rings (SSSR count). The highest BCUT2D eigenvalue weighted by Gasteiger charge is 2.07. The fourth-order valence-corrected chi connectivity index (χ4v) is 2.34. The van der Waals surface area contributed by atoms with Crippen LogP contribution in [0.1, 0.15) is 5.56 Å². The van der Waals surface area contributed by atoms with Gasteiger partial charge in [0.05, 0.1) is 5.52 Å². The normalized spacial score (nSPS) is 11.2. The Morgan fingerprint density at radius 3 is 2.41 bits per heavy atom. The van der Waals surface area contributed by atoms with Crippen molar-refractivity contribution in [2.45, 2.75) is 6.92 Å². The number of fused-ring (bicyclic) bond motifs is 3. The van der Waals surface area contributed by atoms with Crippen LogP contribution in [0.5, 0.6) is 0 Å². The zero-order chi connectivity index (χ0) is 12.0. The van der Waals surface area contributed by atoms with E-state index >= 15 is 0 Å². The molecule has 0 N–H and O–H groups in total. The lowest BCUT2D eigenvalue weighted by atomic mass is 10.0. The van der Waals surface area contributed by atoms with E-state index in [1.54, 1.807) is 4.57 Å². The van der Waals surface area contributed by atoms with Crippen LogP contribution in [0.3, 0.4) is 0 Å². The molecule has 0 saturated heterocycles. The molecule has 0 atom stereocenters. The predicted molar refractivity (Wildman–Crippen MR) is 71.4 cm³/mol. The van der Waals surface area contributed by atoms with Crippen molar-refractivity contribution in [1.29, 1.82) is 0 Å². The first-order chi connectivity index (χ1) is 8.18. The molecule has 0 unspecified atom stereocenters. The molecular weight excluding hydrogens is 210 g/mol. The Hall–Kier alpha value is -2.09. The Balaban J connectivity index is 2.70. The van der Waals surface area contributed by atoms with Crippen LogP contribution in [0, 0.1) is 6.92 Å². The molecule has 0 bridgehead atoms. The smallest absolute Gasteiger partial charge is 0.258 e. The number of rotatable bonds is 0. The SMILES string of the molecule is Cc1ccc2c3ccccc3c(=O)n(C)c2c1. The average molecular weight is 223 g/mol. The summed E-state index contributed by atoms with van der Waals surface area (Å²) in [6.07, 6.45) is 0. The van der Waals surface area contributed by atoms with E-state index < -0.39 is 0 Å². The highest BCUT2D eigenvalue weighted by Crippen LogP contribution is 2.22. The number of hydrogen-bond acceptors (Lipinski definition) is 1. The standard InChI is InChI=1S/C15H13NO/c1-10-7-8-12-11-5-3-4-6-13(11)15(17)16(2)14(12)9-10/h3-9H,1-2H3. The second-order valence-corrected chi connectivity index (χ2v) is 4.43. The van der Waals surface area contributed by atoms with Gasteiger partial charge >= 0.3 is 0 Å². The summed E-state index contributed by atoms with van der Waals surface area (Å²) in [5.41, 5.74) is 2.23. The molecule has 0 amide bonds. The topological polar surface area (TPSA) is 22.0 Å². The number of hydrogen-bond donors (Lipinski definition) is 0. The fourth-order valence-electron chi connectivity index (χ4n) is 2.34. The number of benzene rings is 2. The molecule has 84 valence electrons. The Morgan fingerprint density at radius 2 is 1.65 bits per heavy atom. The maximum Gasteiger partial charge on any atom is 0.258 e. The Bertz CT molecular complexity index is 784. The van der Waals surface area contributed by atoms with E-state index in [-0.39, 0.29) is 5.56 Å². The van der Waals surface area contributed by atoms with E-state index in [2.05, 4.69) is 18.2 Å². The molecule has 0 fully saturated rings. The lowest BCUT2D eigenvalue weighted by Crippen LogP contribution is -2.17. The zero-order valence-corrected chi connectivity index (χ0v) is 9.90. The van der Waals surface area contributed by atoms with Gasteiger partial charge < -0.3 is 4.57 Å². The molecule has 2 nitrogen and oxygen atoms in total. The van der Waals surface area contributed by atoms with E-state index in [9.17, 15) is 4.79 Å². The van der Waals surface area contributed by atoms with Gasteiger partial charge in [-0.1, -0.05) is 30.3 Å². The number of nitrogens with zero attached hydrogens (tertiary/aromatic N) is 1. The molecule has 1 heterocycles. The summed E-state index contributed by atoms with van der Waals surface area (Å²) in [5, 5.41) is 2.95. The van der Waals surface area contributed by atoms with Crippen LogP contribution in [0.15, 0.2) is 47.3 Å². The summed E-state index contributed by atoms with van der Waals surface area (Å²) in [5.74, 6) is 0. The largest absolute Gasteiger partial charge is 0.311 e. The number of aromatic nitrogens is 1. The van der Waals surface area contributed by atoms with Gasteiger partial charge in [-0.15, -0.1) is 0 Å². The first-order valence-electron chi connectivity index (χ1n) is 5.66. The van der Waals surface area contributed by atoms with Gasteiger partial charge in [0.2, 0.25) is 0 Å². The van der Waals surface area contributed by atoms with Crippen molar-refractivity contribution in [3.8, 4) is 0 Å². The average Bonchev–Trinajstić information content (AvgIpc) is 2.36. The van der Waals surface area contributed by atoms with Crippen molar-refractivity contribution in [2.24, 2.45) is 7.05 Å². The van der Waals surface area contributed by atoms with Crippen molar-refractivity contribution in [3.63, 3.8) is 0 Å². The van der Waals surface area contributed by atoms with Crippen molar-refractivity contribution in [1.82, 2.24) is 4.57 Å². The van der Waals surface area contributed by atoms with E-state index in [1.165, 1.54) is 5.56 Å². The molecule has 0 radical (unpaired) electrons. The molecule has 3 aromatic rings. The van der Waals surface area contributed by atoms with Gasteiger partial charge in [0.15, 0.2) is 0 Å². The Morgan fingerprint density at radius 1 is 0.941 bits per heavy atom. The highest BCUT2D eigenvalue weighted by atomic mass is 16.1. The van der Waals surface area contributed by atoms with Crippen LogP contribution >= 0.6 is 0 Å². The summed E-state index contributed by atoms with van der Waals surface area (Å²) in [6, 6.07) is 14.0. The molecule has 0 aliphatic carbocycles. The van der Waals surface area contributed by atoms with Crippen molar-refractivity contribution < 1.29 is 0 Å². The van der Waals surface area contributed by atoms with Gasteiger partial charge in [-0.05, 0) is 30.0 Å². The molecule has 2 heteroatoms. The second kappa shape index (κ2) is 3.45. The van der Waals surface area contributed by atoms with E-state index in [1.807, 2.05) is 38.2 Å². The van der Waals surface area contributed by atoms with Gasteiger partial charge in [-0.2, -0.15) is 0 Å². The van der Waals surface area contributed by atoms with Crippen LogP contribution in [-0.2, 0) is 7.05 Å². The molecule has 0 aliphatic heterocycles. The molecule has 2 aromatic carbocycles. The van der Waals surface area contributed by atoms with Crippen LogP contribution in [0.4, 0.5) is 0 Å². The first kappa shape index (κ1) is 10.1. The number of pyridine rings is 1. The minimum Gasteiger partial charge on any atom is -0.311 e. The third-order valence-electron chi connectivity index (χ3n) is 3.27. The first-order valence-corrected chi connectivity index (χ1v) is 5.66. The number of aryl methyl sites for hydroxylation is 2. The maximum absolute atomic E-state index is 12.2. The second-order valence-electron chi connectivity index (χ2n) is 4.43. The van der Waals surface area contributed by atoms with Crippen molar-refractivity contribution >= 4 is 21.7 Å². The Kier molecular flexibility index (Phi) is 2.05. The molecule has 0 aliphatic rings. The molecule has 0 saturated carbocycles. The van der Waals surface area contributed by atoms with E-state index in [0.29, 0.717) is 0 Å². The van der Waals surface area contributed by atoms with E-state index in [4.69, 9.17) is 0 Å². The predicted octanol–water partition coefficient (Wildman–Crippen LogP) is 3.00. The third kappa shape index (κ3) is 1.37. The quantitative estimate of drug-likeness (QED) is 0.537. The highest BCUT2D eigenvalue weighted by molar-refractivity contribution is 6.05. The van der Waals surface area contributed by atoms with E-state index in [0.717, 1.165) is 21.7 Å². The minimum atomic E-state index is 0.0682. The van der Waals surface area contributed by atoms with Crippen molar-refractivity contribution in [3.05, 3.63) is 58.4 Å². The van der Waals surface area contributed by atoms with Gasteiger partial charge in [-0.25, -0.2) is 0 Å². The lowest BCUT2D eigenvalue weighted by Gasteiger charge is -2.09. The third-order valence-corrected chi connectivity index (χ3v) is 3.27. The molecule has 17 heavy (non-hydrogen) atoms. The maximum atomic E-state index is 12.2. The molecule has 1 aromatic heterocycles. The Labute approximate surface area is 99.1 Å². The molecular formula is C15H13NO. The van der Waals surface area contributed by atoms with Gasteiger partial charge in [0.25, 0.3) is 5.56 Å². The fraction of sp³-hybridized carbons (Fsp3) is 0.133. The summed E-state index contributed by atoms with van der Waals surface area (Å²) < 4.78 is 1.73. The van der Waals surface area contributed by atoms with Crippen LogP contribution in [-0.4, -0.2) is 4.57 Å². The van der Waals surface area contributed by atoms with Gasteiger partial charge in [-0.3, -0.25) is 4.79 Å². The molecule has 0 spiro atoms.